The number of esters is 1. The van der Waals surface area contributed by atoms with Crippen LogP contribution in [0, 0.1) is 6.92 Å². The average molecular weight is 428 g/mol. The van der Waals surface area contributed by atoms with Gasteiger partial charge in [-0.15, -0.1) is 0 Å². The molecule has 8 nitrogen and oxygen atoms in total. The molecule has 1 atom stereocenters. The molecule has 0 amide bonds. The van der Waals surface area contributed by atoms with E-state index in [0.29, 0.717) is 45.4 Å². The number of hydrogen-bond donors (Lipinski definition) is 0. The maximum atomic E-state index is 12.9. The zero-order valence-corrected chi connectivity index (χ0v) is 18.2. The molecule has 1 aliphatic rings. The van der Waals surface area contributed by atoms with Crippen LogP contribution < -0.4 is 23.7 Å². The normalized spacial score (nSPS) is 14.5. The lowest BCUT2D eigenvalue weighted by Gasteiger charge is -2.15. The topological polar surface area (TPSA) is 89.5 Å². The van der Waals surface area contributed by atoms with Crippen molar-refractivity contribution in [2.75, 3.05) is 28.4 Å². The first kappa shape index (κ1) is 22.0. The summed E-state index contributed by atoms with van der Waals surface area (Å²) in [6, 6.07) is 6.68. The van der Waals surface area contributed by atoms with Crippen LogP contribution in [-0.4, -0.2) is 46.3 Å². The molecule has 1 aliphatic heterocycles. The summed E-state index contributed by atoms with van der Waals surface area (Å²) in [5, 5.41) is 0. The zero-order valence-electron chi connectivity index (χ0n) is 18.2. The van der Waals surface area contributed by atoms with Crippen molar-refractivity contribution in [3.05, 3.63) is 46.7 Å². The van der Waals surface area contributed by atoms with Gasteiger partial charge < -0.3 is 28.4 Å². The molecule has 0 fully saturated rings. The lowest BCUT2D eigenvalue weighted by molar-refractivity contribution is -0.147. The fourth-order valence-electron chi connectivity index (χ4n) is 3.24. The van der Waals surface area contributed by atoms with Gasteiger partial charge in [-0.3, -0.25) is 4.79 Å². The van der Waals surface area contributed by atoms with E-state index in [1.807, 2.05) is 0 Å². The van der Waals surface area contributed by atoms with Crippen LogP contribution in [0.4, 0.5) is 0 Å². The van der Waals surface area contributed by atoms with Crippen LogP contribution in [0.5, 0.6) is 28.7 Å². The Kier molecular flexibility index (Phi) is 6.39. The Balaban J connectivity index is 1.95. The molecule has 0 aromatic heterocycles. The van der Waals surface area contributed by atoms with Gasteiger partial charge in [0, 0.05) is 5.56 Å². The molecule has 0 spiro atoms. The Bertz CT molecular complexity index is 1030. The smallest absolute Gasteiger partial charge is 0.346 e. The molecule has 164 valence electrons. The summed E-state index contributed by atoms with van der Waals surface area (Å²) in [4.78, 5) is 24.5. The number of ketones is 1. The van der Waals surface area contributed by atoms with Gasteiger partial charge >= 0.3 is 5.97 Å². The molecule has 8 heteroatoms. The second kappa shape index (κ2) is 8.99. The molecular weight excluding hydrogens is 404 g/mol. The summed E-state index contributed by atoms with van der Waals surface area (Å²) in [5.41, 5.74) is 1.66. The number of methoxy groups -OCH3 is 4. The Morgan fingerprint density at radius 1 is 1.00 bits per heavy atom. The minimum absolute atomic E-state index is 0.144. The van der Waals surface area contributed by atoms with Crippen LogP contribution in [-0.2, 0) is 9.53 Å². The minimum atomic E-state index is -0.798. The van der Waals surface area contributed by atoms with Crippen molar-refractivity contribution < 1.29 is 38.0 Å². The number of carbonyl (C=O) groups is 2. The number of carbonyl (C=O) groups excluding carboxylic acids is 2. The molecule has 2 aromatic rings. The molecule has 31 heavy (non-hydrogen) atoms. The van der Waals surface area contributed by atoms with E-state index in [2.05, 4.69) is 4.74 Å². The van der Waals surface area contributed by atoms with E-state index in [-0.39, 0.29) is 11.5 Å². The number of allylic oxidation sites excluding steroid dienone is 1. The molecule has 0 N–H and O–H groups in total. The molecule has 2 aromatic carbocycles. The first-order valence-corrected chi connectivity index (χ1v) is 9.46. The highest BCUT2D eigenvalue weighted by molar-refractivity contribution is 6.15. The maximum absolute atomic E-state index is 12.9. The van der Waals surface area contributed by atoms with Crippen molar-refractivity contribution in [3.8, 4) is 28.7 Å². The van der Waals surface area contributed by atoms with Gasteiger partial charge in [-0.05, 0) is 49.8 Å². The average Bonchev–Trinajstić information content (AvgIpc) is 3.10. The quantitative estimate of drug-likeness (QED) is 0.488. The van der Waals surface area contributed by atoms with Crippen LogP contribution in [0.3, 0.4) is 0 Å². The van der Waals surface area contributed by atoms with Crippen molar-refractivity contribution in [2.24, 2.45) is 0 Å². The van der Waals surface area contributed by atoms with Crippen LogP contribution >= 0.6 is 0 Å². The highest BCUT2D eigenvalue weighted by Crippen LogP contribution is 2.42. The maximum Gasteiger partial charge on any atom is 0.346 e. The van der Waals surface area contributed by atoms with Crippen molar-refractivity contribution in [1.82, 2.24) is 0 Å². The summed E-state index contributed by atoms with van der Waals surface area (Å²) >= 11 is 0. The number of fused-ring (bicyclic) bond motifs is 1. The van der Waals surface area contributed by atoms with Crippen LogP contribution in [0.25, 0.3) is 6.08 Å². The van der Waals surface area contributed by atoms with Crippen molar-refractivity contribution in [3.63, 3.8) is 0 Å². The van der Waals surface area contributed by atoms with Gasteiger partial charge in [0.25, 0.3) is 0 Å². The molecule has 3 rings (SSSR count). The third kappa shape index (κ3) is 4.14. The lowest BCUT2D eigenvalue weighted by atomic mass is 10.1. The summed E-state index contributed by atoms with van der Waals surface area (Å²) in [6.07, 6.45) is 0.803. The highest BCUT2D eigenvalue weighted by Gasteiger charge is 2.31. The van der Waals surface area contributed by atoms with Gasteiger partial charge in [-0.25, -0.2) is 4.79 Å². The molecule has 0 saturated heterocycles. The zero-order chi connectivity index (χ0) is 22.7. The second-order valence-corrected chi connectivity index (χ2v) is 6.75. The molecule has 0 saturated carbocycles. The van der Waals surface area contributed by atoms with Crippen molar-refractivity contribution in [2.45, 2.75) is 20.0 Å². The largest absolute Gasteiger partial charge is 0.493 e. The van der Waals surface area contributed by atoms with Gasteiger partial charge in [0.15, 0.2) is 23.4 Å². The summed E-state index contributed by atoms with van der Waals surface area (Å²) in [6.45, 7) is 3.34. The van der Waals surface area contributed by atoms with Gasteiger partial charge in [0.2, 0.25) is 11.5 Å². The van der Waals surface area contributed by atoms with Crippen LogP contribution in [0.15, 0.2) is 30.0 Å². The third-order valence-electron chi connectivity index (χ3n) is 4.86. The molecule has 0 bridgehead atoms. The minimum Gasteiger partial charge on any atom is -0.493 e. The molecular formula is C23H24O8. The molecule has 0 radical (unpaired) electrons. The predicted molar refractivity (Wildman–Crippen MR) is 112 cm³/mol. The van der Waals surface area contributed by atoms with Gasteiger partial charge in [0.1, 0.15) is 11.5 Å². The van der Waals surface area contributed by atoms with Crippen LogP contribution in [0.2, 0.25) is 0 Å². The molecule has 0 unspecified atom stereocenters. The van der Waals surface area contributed by atoms with E-state index in [1.54, 1.807) is 44.2 Å². The third-order valence-corrected chi connectivity index (χ3v) is 4.86. The van der Waals surface area contributed by atoms with Gasteiger partial charge in [0.05, 0.1) is 34.0 Å². The fraction of sp³-hybridized carbons (Fsp3) is 0.304. The Morgan fingerprint density at radius 3 is 2.19 bits per heavy atom. The monoisotopic (exact) mass is 428 g/mol. The van der Waals surface area contributed by atoms with E-state index in [0.717, 1.165) is 0 Å². The summed E-state index contributed by atoms with van der Waals surface area (Å²) in [7, 11) is 5.84. The first-order valence-electron chi connectivity index (χ1n) is 9.46. The van der Waals surface area contributed by atoms with E-state index in [1.165, 1.54) is 28.4 Å². The highest BCUT2D eigenvalue weighted by atomic mass is 16.6. The van der Waals surface area contributed by atoms with Gasteiger partial charge in [-0.1, -0.05) is 0 Å². The second-order valence-electron chi connectivity index (χ2n) is 6.75. The Labute approximate surface area is 180 Å². The number of hydrogen-bond acceptors (Lipinski definition) is 8. The number of Topliss-reactive ketones (excluding diaryl/α,β-unsaturated/α-hetero) is 1. The molecule has 1 heterocycles. The van der Waals surface area contributed by atoms with E-state index < -0.39 is 12.1 Å². The summed E-state index contributed by atoms with van der Waals surface area (Å²) < 4.78 is 32.3. The van der Waals surface area contributed by atoms with Crippen molar-refractivity contribution in [1.29, 1.82) is 0 Å². The number of ether oxygens (including phenoxy) is 6. The van der Waals surface area contributed by atoms with E-state index >= 15 is 0 Å². The summed E-state index contributed by atoms with van der Waals surface area (Å²) in [5.74, 6) is 1.56. The lowest BCUT2D eigenvalue weighted by Crippen LogP contribution is -2.25. The SMILES string of the molecule is COC(=O)[C@@H](C)Oc1ccc2c(c1C)OC(=Cc1cc(OC)c(OC)c(OC)c1)C2=O. The first-order chi connectivity index (χ1) is 14.8. The van der Waals surface area contributed by atoms with E-state index in [4.69, 9.17) is 23.7 Å². The molecule has 0 aliphatic carbocycles. The standard InChI is InChI=1S/C23H24O8/c1-12-16(30-13(2)23(25)29-6)8-7-15-20(24)17(31-21(12)15)9-14-10-18(26-3)22(28-5)19(11-14)27-4/h7-11,13H,1-6H3/t13-/m1/s1. The number of rotatable bonds is 7. The Morgan fingerprint density at radius 2 is 1.65 bits per heavy atom. The predicted octanol–water partition coefficient (Wildman–Crippen LogP) is 3.58. The van der Waals surface area contributed by atoms with Crippen molar-refractivity contribution >= 4 is 17.8 Å². The van der Waals surface area contributed by atoms with Gasteiger partial charge in [-0.2, -0.15) is 0 Å². The fourth-order valence-corrected chi connectivity index (χ4v) is 3.24. The van der Waals surface area contributed by atoms with E-state index in [9.17, 15) is 9.59 Å². The number of benzene rings is 2. The van der Waals surface area contributed by atoms with Crippen LogP contribution in [0.1, 0.15) is 28.4 Å². The Hall–Kier alpha value is -3.68.